The Kier molecular flexibility index (Phi) is 7.10. The van der Waals surface area contributed by atoms with Crippen LogP contribution in [-0.4, -0.2) is 50.5 Å². The predicted molar refractivity (Wildman–Crippen MR) is 115 cm³/mol. The summed E-state index contributed by atoms with van der Waals surface area (Å²) in [5, 5.41) is 0. The van der Waals surface area contributed by atoms with E-state index in [1.54, 1.807) is 36.7 Å². The van der Waals surface area contributed by atoms with Crippen molar-refractivity contribution in [1.29, 1.82) is 0 Å². The van der Waals surface area contributed by atoms with Crippen LogP contribution in [0.15, 0.2) is 41.6 Å². The summed E-state index contributed by atoms with van der Waals surface area (Å²) >= 11 is 0. The molecule has 0 aliphatic carbocycles. The van der Waals surface area contributed by atoms with Crippen LogP contribution in [0.2, 0.25) is 0 Å². The fraction of sp³-hybridized carbons (Fsp3) is 0.455. The number of carbonyl (C=O) groups excluding carboxylic acids is 1. The van der Waals surface area contributed by atoms with Gasteiger partial charge < -0.3 is 9.64 Å². The highest BCUT2D eigenvalue weighted by Gasteiger charge is 2.25. The van der Waals surface area contributed by atoms with E-state index in [0.29, 0.717) is 31.8 Å². The third kappa shape index (κ3) is 5.17. The summed E-state index contributed by atoms with van der Waals surface area (Å²) < 4.78 is 33.9. The first-order valence-electron chi connectivity index (χ1n) is 10.2. The van der Waals surface area contributed by atoms with Crippen molar-refractivity contribution in [2.45, 2.75) is 38.5 Å². The predicted octanol–water partition coefficient (Wildman–Crippen LogP) is 2.93. The lowest BCUT2D eigenvalue weighted by molar-refractivity contribution is 0.0692. The summed E-state index contributed by atoms with van der Waals surface area (Å²) in [6, 6.07) is 6.72. The Morgan fingerprint density at radius 1 is 1.17 bits per heavy atom. The molecule has 7 nitrogen and oxygen atoms in total. The first-order valence-corrected chi connectivity index (χ1v) is 11.7. The van der Waals surface area contributed by atoms with E-state index in [2.05, 4.69) is 9.71 Å². The van der Waals surface area contributed by atoms with Crippen molar-refractivity contribution in [3.05, 3.63) is 53.3 Å². The maximum atomic E-state index is 12.8. The zero-order valence-corrected chi connectivity index (χ0v) is 18.5. The lowest BCUT2D eigenvalue weighted by Crippen LogP contribution is -2.41. The first-order chi connectivity index (χ1) is 14.3. The van der Waals surface area contributed by atoms with Gasteiger partial charge in [0.1, 0.15) is 5.75 Å². The van der Waals surface area contributed by atoms with Crippen LogP contribution in [0.1, 0.15) is 41.3 Å². The molecule has 1 N–H and O–H groups in total. The number of piperidine rings is 1. The molecule has 1 aromatic heterocycles. The second-order valence-corrected chi connectivity index (χ2v) is 9.41. The minimum Gasteiger partial charge on any atom is -0.493 e. The number of hydrogen-bond donors (Lipinski definition) is 1. The molecule has 0 unspecified atom stereocenters. The number of rotatable bonds is 7. The van der Waals surface area contributed by atoms with Crippen LogP contribution >= 0.6 is 0 Å². The largest absolute Gasteiger partial charge is 0.493 e. The fourth-order valence-corrected chi connectivity index (χ4v) is 5.05. The van der Waals surface area contributed by atoms with E-state index in [-0.39, 0.29) is 16.7 Å². The summed E-state index contributed by atoms with van der Waals surface area (Å²) in [6.45, 7) is 7.75. The Labute approximate surface area is 178 Å². The van der Waals surface area contributed by atoms with Crippen LogP contribution in [0.5, 0.6) is 5.75 Å². The van der Waals surface area contributed by atoms with E-state index in [0.717, 1.165) is 29.7 Å². The van der Waals surface area contributed by atoms with Gasteiger partial charge in [-0.15, -0.1) is 0 Å². The minimum absolute atomic E-state index is 0.00299. The van der Waals surface area contributed by atoms with Gasteiger partial charge in [-0.2, -0.15) is 0 Å². The number of amides is 1. The Morgan fingerprint density at radius 2 is 1.77 bits per heavy atom. The van der Waals surface area contributed by atoms with Crippen LogP contribution in [0.3, 0.4) is 0 Å². The van der Waals surface area contributed by atoms with Gasteiger partial charge in [0.05, 0.1) is 11.5 Å². The number of ether oxygens (including phenoxy) is 1. The molecule has 0 spiro atoms. The third-order valence-corrected chi connectivity index (χ3v) is 6.83. The van der Waals surface area contributed by atoms with E-state index in [1.807, 2.05) is 25.7 Å². The number of nitrogens with zero attached hydrogens (tertiary/aromatic N) is 2. The molecule has 1 aliphatic rings. The zero-order chi connectivity index (χ0) is 21.7. The molecule has 8 heteroatoms. The maximum Gasteiger partial charge on any atom is 0.253 e. The number of aryl methyl sites for hydroxylation is 2. The molecular formula is C22H29N3O4S. The highest BCUT2D eigenvalue weighted by molar-refractivity contribution is 7.89. The normalized spacial score (nSPS) is 15.2. The molecule has 1 aliphatic heterocycles. The number of nitrogens with one attached hydrogen (secondary N) is 1. The molecule has 162 valence electrons. The van der Waals surface area contributed by atoms with Gasteiger partial charge in [0.15, 0.2) is 0 Å². The Balaban J connectivity index is 1.57. The standard InChI is InChI=1S/C22H29N3O4S/c1-4-29-21-16(2)13-20(14-17(21)3)30(27,28)24-15-18-7-11-25(12-8-18)22(26)19-5-9-23-10-6-19/h5-6,9-10,13-14,18,24H,4,7-8,11-12,15H2,1-3H3. The molecule has 0 bridgehead atoms. The highest BCUT2D eigenvalue weighted by Crippen LogP contribution is 2.27. The molecule has 2 aromatic rings. The zero-order valence-electron chi connectivity index (χ0n) is 17.7. The number of benzene rings is 1. The van der Waals surface area contributed by atoms with Crippen LogP contribution in [-0.2, 0) is 10.0 Å². The Bertz CT molecular complexity index is 962. The van der Waals surface area contributed by atoms with Crippen molar-refractivity contribution in [1.82, 2.24) is 14.6 Å². The molecule has 0 atom stereocenters. The van der Waals surface area contributed by atoms with E-state index in [1.165, 1.54) is 0 Å². The van der Waals surface area contributed by atoms with Crippen molar-refractivity contribution in [3.8, 4) is 5.75 Å². The van der Waals surface area contributed by atoms with E-state index < -0.39 is 10.0 Å². The van der Waals surface area contributed by atoms with Crippen molar-refractivity contribution < 1.29 is 17.9 Å². The fourth-order valence-electron chi connectivity index (χ4n) is 3.77. The SMILES string of the molecule is CCOc1c(C)cc(S(=O)(=O)NCC2CCN(C(=O)c3ccncc3)CC2)cc1C. The van der Waals surface area contributed by atoms with Gasteiger partial charge in [0, 0.05) is 37.6 Å². The molecule has 1 fully saturated rings. The second kappa shape index (κ2) is 9.57. The van der Waals surface area contributed by atoms with Crippen molar-refractivity contribution in [3.63, 3.8) is 0 Å². The molecular weight excluding hydrogens is 402 g/mol. The molecule has 3 rings (SSSR count). The van der Waals surface area contributed by atoms with Crippen molar-refractivity contribution in [2.75, 3.05) is 26.2 Å². The van der Waals surface area contributed by atoms with Crippen LogP contribution in [0.25, 0.3) is 0 Å². The van der Waals surface area contributed by atoms with Crippen molar-refractivity contribution in [2.24, 2.45) is 5.92 Å². The van der Waals surface area contributed by atoms with Crippen molar-refractivity contribution >= 4 is 15.9 Å². The molecule has 30 heavy (non-hydrogen) atoms. The van der Waals surface area contributed by atoms with Gasteiger partial charge in [-0.3, -0.25) is 9.78 Å². The average Bonchev–Trinajstić information content (AvgIpc) is 2.75. The van der Waals surface area contributed by atoms with E-state index in [4.69, 9.17) is 4.74 Å². The summed E-state index contributed by atoms with van der Waals surface area (Å²) in [5.41, 5.74) is 2.24. The van der Waals surface area contributed by atoms with Gasteiger partial charge in [-0.25, -0.2) is 13.1 Å². The molecule has 1 amide bonds. The third-order valence-electron chi connectivity index (χ3n) is 5.42. The highest BCUT2D eigenvalue weighted by atomic mass is 32.2. The van der Waals surface area contributed by atoms with Crippen LogP contribution in [0.4, 0.5) is 0 Å². The number of pyridine rings is 1. The van der Waals surface area contributed by atoms with Gasteiger partial charge in [0.2, 0.25) is 10.0 Å². The van der Waals surface area contributed by atoms with Gasteiger partial charge in [-0.1, -0.05) is 0 Å². The summed E-state index contributed by atoms with van der Waals surface area (Å²) in [5.74, 6) is 0.936. The number of likely N-dealkylation sites (tertiary alicyclic amines) is 1. The number of sulfonamides is 1. The molecule has 0 saturated carbocycles. The van der Waals surface area contributed by atoms with Gasteiger partial charge >= 0.3 is 0 Å². The van der Waals surface area contributed by atoms with E-state index >= 15 is 0 Å². The Hall–Kier alpha value is -2.45. The van der Waals surface area contributed by atoms with E-state index in [9.17, 15) is 13.2 Å². The first kappa shape index (κ1) is 22.2. The van der Waals surface area contributed by atoms with Crippen LogP contribution < -0.4 is 9.46 Å². The topological polar surface area (TPSA) is 88.6 Å². The lowest BCUT2D eigenvalue weighted by atomic mass is 9.97. The number of hydrogen-bond acceptors (Lipinski definition) is 5. The molecule has 0 radical (unpaired) electrons. The maximum absolute atomic E-state index is 12.8. The quantitative estimate of drug-likeness (QED) is 0.728. The monoisotopic (exact) mass is 431 g/mol. The average molecular weight is 432 g/mol. The summed E-state index contributed by atoms with van der Waals surface area (Å²) in [4.78, 5) is 18.5. The summed E-state index contributed by atoms with van der Waals surface area (Å²) in [6.07, 6.45) is 4.75. The molecule has 2 heterocycles. The smallest absolute Gasteiger partial charge is 0.253 e. The van der Waals surface area contributed by atoms with Crippen LogP contribution in [0, 0.1) is 19.8 Å². The second-order valence-electron chi connectivity index (χ2n) is 7.64. The Morgan fingerprint density at radius 3 is 2.33 bits per heavy atom. The number of carbonyl (C=O) groups is 1. The minimum atomic E-state index is -3.60. The lowest BCUT2D eigenvalue weighted by Gasteiger charge is -2.32. The van der Waals surface area contributed by atoms with Gasteiger partial charge in [0.25, 0.3) is 5.91 Å². The summed E-state index contributed by atoms with van der Waals surface area (Å²) in [7, 11) is -3.60. The molecule has 1 aromatic carbocycles. The molecule has 1 saturated heterocycles. The number of aromatic nitrogens is 1. The van der Waals surface area contributed by atoms with Gasteiger partial charge in [-0.05, 0) is 74.9 Å².